The molecular weight excluding hydrogens is 1240 g/mol. The minimum Gasteiger partial charge on any atom is -0.413 e. The predicted molar refractivity (Wildman–Crippen MR) is 384 cm³/mol. The van der Waals surface area contributed by atoms with Crippen LogP contribution in [-0.2, 0) is 28.9 Å². The fourth-order valence-corrected chi connectivity index (χ4v) is 37.3. The van der Waals surface area contributed by atoms with E-state index < -0.39 is 61.6 Å². The Morgan fingerprint density at radius 2 is 0.750 bits per heavy atom. The molecule has 2 heterocycles. The Morgan fingerprint density at radius 3 is 1.03 bits per heavy atom. The van der Waals surface area contributed by atoms with Crippen LogP contribution in [0.15, 0.2) is 178 Å². The van der Waals surface area contributed by atoms with E-state index in [0.717, 1.165) is 100 Å². The van der Waals surface area contributed by atoms with Gasteiger partial charge in [0, 0.05) is 63.3 Å². The van der Waals surface area contributed by atoms with Gasteiger partial charge in [0.15, 0.2) is 16.6 Å². The predicted octanol–water partition coefficient (Wildman–Crippen LogP) is 17.8. The highest BCUT2D eigenvalue weighted by Gasteiger charge is 2.68. The zero-order valence-corrected chi connectivity index (χ0v) is 61.1. The molecule has 0 saturated heterocycles. The maximum Gasteiger partial charge on any atom is 0.253 e. The lowest BCUT2D eigenvalue weighted by Crippen LogP contribution is -2.52. The summed E-state index contributed by atoms with van der Waals surface area (Å²) in [6.45, 7) is 31.9. The van der Waals surface area contributed by atoms with Crippen LogP contribution in [0.3, 0.4) is 0 Å². The lowest BCUT2D eigenvalue weighted by Gasteiger charge is -2.47. The normalized spacial score (nSPS) is 23.9. The molecule has 12 rings (SSSR count). The van der Waals surface area contributed by atoms with Gasteiger partial charge in [0.1, 0.15) is 0 Å². The molecule has 0 aliphatic heterocycles. The van der Waals surface area contributed by atoms with Gasteiger partial charge in [-0.3, -0.25) is 0 Å². The minimum atomic E-state index is -4.35. The molecule has 88 heavy (non-hydrogen) atoms. The van der Waals surface area contributed by atoms with E-state index in [9.17, 15) is 0 Å². The monoisotopic (exact) mass is 1320 g/mol. The largest absolute Gasteiger partial charge is 0.413 e. The summed E-state index contributed by atoms with van der Waals surface area (Å²) in [6.07, 6.45) is 4.60. The van der Waals surface area contributed by atoms with E-state index in [0.29, 0.717) is 11.8 Å². The van der Waals surface area contributed by atoms with Crippen LogP contribution >= 0.6 is 36.8 Å². The lowest BCUT2D eigenvalue weighted by atomic mass is 9.70. The highest BCUT2D eigenvalue weighted by atomic mass is 32.2. The number of fused-ring (bicyclic) bond motifs is 6. The molecule has 4 fully saturated rings. The van der Waals surface area contributed by atoms with E-state index in [4.69, 9.17) is 17.2 Å². The number of sulfonamides is 2. The summed E-state index contributed by atoms with van der Waals surface area (Å²) in [5.74, 6) is 0.378. The van der Waals surface area contributed by atoms with Gasteiger partial charge in [-0.25, -0.2) is 16.8 Å². The van der Waals surface area contributed by atoms with Gasteiger partial charge in [0.05, 0.1) is 47.1 Å². The quantitative estimate of drug-likeness (QED) is 0.0663. The van der Waals surface area contributed by atoms with E-state index in [1.54, 1.807) is 22.7 Å². The third-order valence-corrected chi connectivity index (χ3v) is 47.7. The molecule has 0 amide bonds. The summed E-state index contributed by atoms with van der Waals surface area (Å²) in [5, 5.41) is 5.05. The maximum absolute atomic E-state index is 16.6. The molecule has 4 bridgehead atoms. The first-order valence-corrected chi connectivity index (χ1v) is 45.8. The van der Waals surface area contributed by atoms with Gasteiger partial charge in [0.25, 0.3) is 20.0 Å². The van der Waals surface area contributed by atoms with Crippen molar-refractivity contribution in [3.05, 3.63) is 170 Å². The van der Waals surface area contributed by atoms with Crippen molar-refractivity contribution in [3.8, 4) is 11.1 Å². The van der Waals surface area contributed by atoms with Crippen LogP contribution in [0.25, 0.3) is 31.3 Å². The van der Waals surface area contributed by atoms with Crippen LogP contribution in [0.1, 0.15) is 108 Å². The number of nitrogens with zero attached hydrogens (tertiary/aromatic N) is 2. The van der Waals surface area contributed by atoms with Crippen molar-refractivity contribution in [2.75, 3.05) is 11.5 Å². The van der Waals surface area contributed by atoms with E-state index in [1.807, 2.05) is 72.8 Å². The smallest absolute Gasteiger partial charge is 0.253 e. The van der Waals surface area contributed by atoms with E-state index in [1.165, 1.54) is 0 Å². The van der Waals surface area contributed by atoms with E-state index in [-0.39, 0.29) is 44.6 Å². The van der Waals surface area contributed by atoms with Crippen molar-refractivity contribution in [1.82, 2.24) is 0 Å². The Balaban J connectivity index is 1.18. The highest BCUT2D eigenvalue weighted by Crippen LogP contribution is 2.70. The fourth-order valence-electron chi connectivity index (χ4n) is 15.8. The topological polar surface area (TPSA) is 111 Å². The molecule has 0 N–H and O–H groups in total. The molecule has 16 heteroatoms. The van der Waals surface area contributed by atoms with Crippen molar-refractivity contribution in [1.29, 1.82) is 0 Å². The third-order valence-electron chi connectivity index (χ3n) is 23.1. The fraction of sp³-hybridized carbons (Fsp3) is 0.444. The van der Waals surface area contributed by atoms with Gasteiger partial charge in [-0.15, -0.1) is 22.7 Å². The van der Waals surface area contributed by atoms with Crippen molar-refractivity contribution in [2.45, 2.75) is 156 Å². The highest BCUT2D eigenvalue weighted by molar-refractivity contribution is 8.02. The van der Waals surface area contributed by atoms with E-state index >= 15 is 16.8 Å². The SMILES string of the molecule is CC1(C)C2CCC1(CS(=O)(=O)N=P(c1ccccc1)(c1ccccc1)c1sc3ccccc3c1-c1c(P(=NS(=O)(=O)CC34CCC(CC3O[Si](C)(C)C(C)(C)C)C4(C)C)(c3ccccc3)c3ccccc3)sc3ccccc13)C(O[Si](C)(C)C(C)(C)C)C2. The van der Waals surface area contributed by atoms with Crippen molar-refractivity contribution in [2.24, 2.45) is 41.8 Å². The minimum absolute atomic E-state index is 0.0692. The third kappa shape index (κ3) is 10.3. The van der Waals surface area contributed by atoms with Gasteiger partial charge in [-0.05, 0) is 110 Å². The molecule has 8 aromatic rings. The zero-order chi connectivity index (χ0) is 62.9. The molecule has 4 aliphatic rings. The number of thiophene rings is 2. The van der Waals surface area contributed by atoms with Gasteiger partial charge in [-0.2, -0.15) is 8.30 Å². The Kier molecular flexibility index (Phi) is 16.3. The molecule has 6 unspecified atom stereocenters. The molecule has 466 valence electrons. The van der Waals surface area contributed by atoms with E-state index in [2.05, 4.69) is 192 Å². The second-order valence-corrected chi connectivity index (χ2v) is 52.2. The summed E-state index contributed by atoms with van der Waals surface area (Å²) in [4.78, 5) is 0. The second kappa shape index (κ2) is 22.3. The summed E-state index contributed by atoms with van der Waals surface area (Å²) >= 11 is 3.25. The average molecular weight is 1330 g/mol. The second-order valence-electron chi connectivity index (χ2n) is 30.2. The number of hydrogen-bond donors (Lipinski definition) is 0. The molecule has 6 atom stereocenters. The molecule has 0 radical (unpaired) electrons. The molecule has 6 aromatic carbocycles. The molecule has 4 aliphatic carbocycles. The number of benzene rings is 6. The zero-order valence-electron chi connectivity index (χ0n) is 54.0. The van der Waals surface area contributed by atoms with Gasteiger partial charge in [-0.1, -0.05) is 227 Å². The van der Waals surface area contributed by atoms with Gasteiger partial charge in [0.2, 0.25) is 0 Å². The molecule has 8 nitrogen and oxygen atoms in total. The number of hydrogen-bond acceptors (Lipinski definition) is 8. The first kappa shape index (κ1) is 64.1. The Morgan fingerprint density at radius 1 is 0.466 bits per heavy atom. The summed E-state index contributed by atoms with van der Waals surface area (Å²) in [6, 6.07) is 57.7. The van der Waals surface area contributed by atoms with Crippen LogP contribution < -0.4 is 30.5 Å². The van der Waals surface area contributed by atoms with Gasteiger partial charge < -0.3 is 8.85 Å². The van der Waals surface area contributed by atoms with Gasteiger partial charge >= 0.3 is 0 Å². The summed E-state index contributed by atoms with van der Waals surface area (Å²) in [7, 11) is -20.8. The number of rotatable bonds is 17. The van der Waals surface area contributed by atoms with Crippen molar-refractivity contribution in [3.63, 3.8) is 0 Å². The first-order chi connectivity index (χ1) is 41.3. The average Bonchev–Trinajstić information content (AvgIpc) is 1.58. The molecule has 2 aromatic heterocycles. The molecular formula is C72H90N2O6P2S4Si2. The molecule has 4 saturated carbocycles. The summed E-state index contributed by atoms with van der Waals surface area (Å²) in [5.41, 5.74) is -0.267. The first-order valence-electron chi connectivity index (χ1n) is 31.6. The Hall–Kier alpha value is -4.05. The summed E-state index contributed by atoms with van der Waals surface area (Å²) < 4.78 is 96.5. The van der Waals surface area contributed by atoms with Crippen LogP contribution in [0, 0.1) is 33.5 Å². The van der Waals surface area contributed by atoms with Crippen molar-refractivity contribution >= 4 is 124 Å². The van der Waals surface area contributed by atoms with Crippen LogP contribution in [0.5, 0.6) is 0 Å². The molecule has 0 spiro atoms. The van der Waals surface area contributed by atoms with Crippen LogP contribution in [0.2, 0.25) is 36.3 Å². The van der Waals surface area contributed by atoms with Crippen molar-refractivity contribution < 1.29 is 25.7 Å². The lowest BCUT2D eigenvalue weighted by molar-refractivity contribution is 0.0236. The van der Waals surface area contributed by atoms with Crippen LogP contribution in [-0.4, -0.2) is 57.2 Å². The maximum atomic E-state index is 16.6. The Bertz CT molecular complexity index is 3940. The Labute approximate surface area is 536 Å². The van der Waals surface area contributed by atoms with Crippen LogP contribution in [0.4, 0.5) is 0 Å². The standard InChI is InChI=1S/C72H90N2O6P2S4Si2/c1-67(2,3)87(11,12)79-61-47-51-43-45-71(61,69(51,7)8)49-85(75,76)73-81(53-31-19-15-20-32-53,54-33-21-16-22-34-54)65-63(57-39-27-29-41-59(57)83-65)64-58-40-28-30-42-60(58)84-66(64)82(55-35-23-17-24-36-55,56-37-25-18-26-38-56)74-86(77,78)50-72-46-44-52(70(72,9)10)48-62(72)80-88(13,14)68(4,5)6/h15-42,51-52,61-62H,43-50H2,1-14H3.